The Morgan fingerprint density at radius 1 is 1.07 bits per heavy atom. The quantitative estimate of drug-likeness (QED) is 0.679. The Hall–Kier alpha value is -3.38. The minimum Gasteiger partial charge on any atom is -0.467 e. The summed E-state index contributed by atoms with van der Waals surface area (Å²) in [7, 11) is 0. The number of nitrogens with one attached hydrogen (secondary N) is 1. The van der Waals surface area contributed by atoms with E-state index in [1.165, 1.54) is 6.92 Å². The van der Waals surface area contributed by atoms with Crippen molar-refractivity contribution in [2.45, 2.75) is 26.4 Å². The maximum Gasteiger partial charge on any atom is 0.241 e. The van der Waals surface area contributed by atoms with Crippen LogP contribution in [0.4, 0.5) is 11.4 Å². The standard InChI is InChI=1S/C24H25N3O3/c1-18(28)25-23-11-5-7-19-15-26(13-12-22(19)23)17-24(29)27(16-21-10-6-14-30-21)20-8-3-2-4-9-20/h2-11,14H,12-13,15-17H2,1H3,(H,25,28). The van der Waals surface area contributed by atoms with Gasteiger partial charge in [-0.05, 0) is 47.9 Å². The molecule has 2 heterocycles. The fourth-order valence-corrected chi connectivity index (χ4v) is 3.88. The van der Waals surface area contributed by atoms with Gasteiger partial charge in [-0.15, -0.1) is 0 Å². The van der Waals surface area contributed by atoms with Crippen molar-refractivity contribution in [2.24, 2.45) is 0 Å². The lowest BCUT2D eigenvalue weighted by Gasteiger charge is -2.31. The number of hydrogen-bond donors (Lipinski definition) is 1. The van der Waals surface area contributed by atoms with Crippen molar-refractivity contribution in [3.63, 3.8) is 0 Å². The number of furan rings is 1. The van der Waals surface area contributed by atoms with Gasteiger partial charge in [0.2, 0.25) is 11.8 Å². The lowest BCUT2D eigenvalue weighted by Crippen LogP contribution is -2.42. The van der Waals surface area contributed by atoms with Gasteiger partial charge in [0.25, 0.3) is 0 Å². The number of fused-ring (bicyclic) bond motifs is 1. The van der Waals surface area contributed by atoms with Crippen LogP contribution in [0.1, 0.15) is 23.8 Å². The summed E-state index contributed by atoms with van der Waals surface area (Å²) in [4.78, 5) is 28.6. The van der Waals surface area contributed by atoms with Crippen LogP contribution in [0.25, 0.3) is 0 Å². The summed E-state index contributed by atoms with van der Waals surface area (Å²) < 4.78 is 5.47. The van der Waals surface area contributed by atoms with Crippen LogP contribution in [0.5, 0.6) is 0 Å². The summed E-state index contributed by atoms with van der Waals surface area (Å²) in [5, 5.41) is 2.91. The van der Waals surface area contributed by atoms with E-state index < -0.39 is 0 Å². The summed E-state index contributed by atoms with van der Waals surface area (Å²) in [5.41, 5.74) is 4.03. The van der Waals surface area contributed by atoms with Gasteiger partial charge in [0.05, 0.1) is 19.4 Å². The van der Waals surface area contributed by atoms with Crippen LogP contribution in [-0.2, 0) is 29.1 Å². The molecule has 0 saturated heterocycles. The number of hydrogen-bond acceptors (Lipinski definition) is 4. The Labute approximate surface area is 176 Å². The highest BCUT2D eigenvalue weighted by Gasteiger charge is 2.24. The lowest BCUT2D eigenvalue weighted by molar-refractivity contribution is -0.120. The van der Waals surface area contributed by atoms with E-state index in [9.17, 15) is 9.59 Å². The average Bonchev–Trinajstić information content (AvgIpc) is 3.25. The molecular weight excluding hydrogens is 378 g/mol. The highest BCUT2D eigenvalue weighted by atomic mass is 16.3. The number of para-hydroxylation sites is 1. The first kappa shape index (κ1) is 19.9. The second-order valence-electron chi connectivity index (χ2n) is 7.48. The fourth-order valence-electron chi connectivity index (χ4n) is 3.88. The molecule has 1 aliphatic rings. The van der Waals surface area contributed by atoms with Crippen LogP contribution in [0.2, 0.25) is 0 Å². The number of carbonyl (C=O) groups is 2. The Balaban J connectivity index is 1.49. The molecule has 30 heavy (non-hydrogen) atoms. The van der Waals surface area contributed by atoms with Crippen molar-refractivity contribution in [1.82, 2.24) is 4.90 Å². The predicted molar refractivity (Wildman–Crippen MR) is 116 cm³/mol. The number of carbonyl (C=O) groups excluding carboxylic acids is 2. The zero-order valence-corrected chi connectivity index (χ0v) is 17.0. The molecule has 0 radical (unpaired) electrons. The second kappa shape index (κ2) is 8.97. The number of nitrogens with zero attached hydrogens (tertiary/aromatic N) is 2. The first-order chi connectivity index (χ1) is 14.6. The van der Waals surface area contributed by atoms with Gasteiger partial charge in [-0.3, -0.25) is 14.5 Å². The van der Waals surface area contributed by atoms with Gasteiger partial charge in [0.15, 0.2) is 0 Å². The SMILES string of the molecule is CC(=O)Nc1cccc2c1CCN(CC(=O)N(Cc1ccco1)c1ccccc1)C2. The molecular formula is C24H25N3O3. The molecule has 0 spiro atoms. The molecule has 0 atom stereocenters. The molecule has 0 fully saturated rings. The molecule has 0 aliphatic carbocycles. The Morgan fingerprint density at radius 2 is 1.90 bits per heavy atom. The van der Waals surface area contributed by atoms with E-state index >= 15 is 0 Å². The first-order valence-electron chi connectivity index (χ1n) is 10.1. The number of amides is 2. The Morgan fingerprint density at radius 3 is 2.63 bits per heavy atom. The van der Waals surface area contributed by atoms with Crippen molar-refractivity contribution < 1.29 is 14.0 Å². The third-order valence-corrected chi connectivity index (χ3v) is 5.28. The fraction of sp³-hybridized carbons (Fsp3) is 0.250. The summed E-state index contributed by atoms with van der Waals surface area (Å²) >= 11 is 0. The van der Waals surface area contributed by atoms with Crippen LogP contribution in [0.15, 0.2) is 71.3 Å². The number of benzene rings is 2. The van der Waals surface area contributed by atoms with E-state index in [-0.39, 0.29) is 11.8 Å². The molecule has 2 amide bonds. The average molecular weight is 403 g/mol. The van der Waals surface area contributed by atoms with Crippen molar-refractivity contribution >= 4 is 23.2 Å². The third kappa shape index (κ3) is 4.60. The van der Waals surface area contributed by atoms with Crippen LogP contribution < -0.4 is 10.2 Å². The predicted octanol–water partition coefficient (Wildman–Crippen LogP) is 3.83. The van der Waals surface area contributed by atoms with E-state index in [4.69, 9.17) is 4.42 Å². The van der Waals surface area contributed by atoms with Crippen molar-refractivity contribution in [3.8, 4) is 0 Å². The maximum absolute atomic E-state index is 13.2. The van der Waals surface area contributed by atoms with E-state index in [2.05, 4.69) is 16.3 Å². The lowest BCUT2D eigenvalue weighted by atomic mass is 9.97. The van der Waals surface area contributed by atoms with Gasteiger partial charge >= 0.3 is 0 Å². The van der Waals surface area contributed by atoms with Gasteiger partial charge in [0, 0.05) is 31.4 Å². The molecule has 4 rings (SSSR count). The molecule has 1 N–H and O–H groups in total. The highest BCUT2D eigenvalue weighted by Crippen LogP contribution is 2.27. The van der Waals surface area contributed by atoms with E-state index in [0.717, 1.165) is 41.2 Å². The first-order valence-corrected chi connectivity index (χ1v) is 10.1. The van der Waals surface area contributed by atoms with E-state index in [1.54, 1.807) is 11.2 Å². The molecule has 0 unspecified atom stereocenters. The monoisotopic (exact) mass is 403 g/mol. The molecule has 0 saturated carbocycles. The normalized spacial score (nSPS) is 13.5. The van der Waals surface area contributed by atoms with E-state index in [0.29, 0.717) is 19.6 Å². The van der Waals surface area contributed by atoms with Crippen molar-refractivity contribution in [3.05, 3.63) is 83.8 Å². The Kier molecular flexibility index (Phi) is 5.95. The highest BCUT2D eigenvalue weighted by molar-refractivity contribution is 5.94. The van der Waals surface area contributed by atoms with Crippen LogP contribution >= 0.6 is 0 Å². The smallest absolute Gasteiger partial charge is 0.241 e. The molecule has 1 aromatic heterocycles. The zero-order chi connectivity index (χ0) is 20.9. The molecule has 1 aliphatic heterocycles. The summed E-state index contributed by atoms with van der Waals surface area (Å²) in [6.07, 6.45) is 2.42. The minimum absolute atomic E-state index is 0.0269. The van der Waals surface area contributed by atoms with Crippen LogP contribution in [-0.4, -0.2) is 29.8 Å². The number of anilines is 2. The Bertz CT molecular complexity index is 1020. The largest absolute Gasteiger partial charge is 0.467 e. The molecule has 6 nitrogen and oxygen atoms in total. The van der Waals surface area contributed by atoms with Gasteiger partial charge in [-0.2, -0.15) is 0 Å². The van der Waals surface area contributed by atoms with Crippen molar-refractivity contribution in [1.29, 1.82) is 0 Å². The molecule has 3 aromatic rings. The van der Waals surface area contributed by atoms with Gasteiger partial charge in [-0.25, -0.2) is 0 Å². The molecule has 6 heteroatoms. The van der Waals surface area contributed by atoms with Gasteiger partial charge < -0.3 is 14.6 Å². The summed E-state index contributed by atoms with van der Waals surface area (Å²) in [6.45, 7) is 3.67. The summed E-state index contributed by atoms with van der Waals surface area (Å²) in [5.74, 6) is 0.702. The maximum atomic E-state index is 13.2. The van der Waals surface area contributed by atoms with E-state index in [1.807, 2.05) is 54.6 Å². The molecule has 154 valence electrons. The van der Waals surface area contributed by atoms with Crippen molar-refractivity contribution in [2.75, 3.05) is 23.3 Å². The zero-order valence-electron chi connectivity index (χ0n) is 17.0. The second-order valence-corrected chi connectivity index (χ2v) is 7.48. The van der Waals surface area contributed by atoms with Crippen LogP contribution in [0.3, 0.4) is 0 Å². The van der Waals surface area contributed by atoms with Gasteiger partial charge in [0.1, 0.15) is 5.76 Å². The molecule has 0 bridgehead atoms. The number of rotatable bonds is 6. The van der Waals surface area contributed by atoms with Gasteiger partial charge in [-0.1, -0.05) is 30.3 Å². The minimum atomic E-state index is -0.0718. The third-order valence-electron chi connectivity index (χ3n) is 5.28. The molecule has 2 aromatic carbocycles. The topological polar surface area (TPSA) is 65.8 Å². The summed E-state index contributed by atoms with van der Waals surface area (Å²) in [6, 6.07) is 19.3. The van der Waals surface area contributed by atoms with Crippen LogP contribution in [0, 0.1) is 0 Å².